The molecule has 3 nitrogen and oxygen atoms in total. The first kappa shape index (κ1) is 26.9. The topological polar surface area (TPSA) is 46.5 Å². The zero-order chi connectivity index (χ0) is 19.8. The number of allylic oxidation sites excluding steroid dienone is 2. The second kappa shape index (κ2) is 23.9. The van der Waals surface area contributed by atoms with Crippen LogP contribution in [0.4, 0.5) is 0 Å². The molecule has 0 aromatic rings. The standard InChI is InChI=1S/C22H42O3S2/c1-2-3-4-5-6-7-8-9-10-11-12-13-14-15-16-17-22(24)25-19-21-27-26-20-18-23/h9-10,23H,2-8,11-21H2,1H3/b10-9-. The summed E-state index contributed by atoms with van der Waals surface area (Å²) in [6.45, 7) is 2.95. The summed E-state index contributed by atoms with van der Waals surface area (Å²) in [5, 5.41) is 8.65. The van der Waals surface area contributed by atoms with Gasteiger partial charge in [0.15, 0.2) is 0 Å². The van der Waals surface area contributed by atoms with Crippen molar-refractivity contribution >= 4 is 27.6 Å². The lowest BCUT2D eigenvalue weighted by atomic mass is 10.1. The van der Waals surface area contributed by atoms with Gasteiger partial charge in [0.1, 0.15) is 6.61 Å². The Morgan fingerprint density at radius 3 is 2.00 bits per heavy atom. The molecule has 5 heteroatoms. The fraction of sp³-hybridized carbons (Fsp3) is 0.864. The Balaban J connectivity index is 3.19. The van der Waals surface area contributed by atoms with Crippen LogP contribution in [0.2, 0.25) is 0 Å². The molecule has 0 atom stereocenters. The third kappa shape index (κ3) is 23.8. The van der Waals surface area contributed by atoms with Crippen LogP contribution in [0.15, 0.2) is 12.2 Å². The van der Waals surface area contributed by atoms with E-state index in [2.05, 4.69) is 19.1 Å². The number of rotatable bonds is 21. The summed E-state index contributed by atoms with van der Waals surface area (Å²) in [6, 6.07) is 0. The summed E-state index contributed by atoms with van der Waals surface area (Å²) in [6.07, 6.45) is 21.7. The molecule has 0 saturated carbocycles. The molecule has 0 amide bonds. The molecule has 0 unspecified atom stereocenters. The molecule has 0 aromatic carbocycles. The van der Waals surface area contributed by atoms with Gasteiger partial charge >= 0.3 is 5.97 Å². The molecule has 0 fully saturated rings. The molecule has 0 bridgehead atoms. The molecule has 0 aliphatic rings. The van der Waals surface area contributed by atoms with Crippen LogP contribution in [0.5, 0.6) is 0 Å². The number of ether oxygens (including phenoxy) is 1. The lowest BCUT2D eigenvalue weighted by molar-refractivity contribution is -0.143. The van der Waals surface area contributed by atoms with Crippen LogP contribution < -0.4 is 0 Å². The number of unbranched alkanes of at least 4 members (excludes halogenated alkanes) is 11. The van der Waals surface area contributed by atoms with Gasteiger partial charge in [-0.25, -0.2) is 0 Å². The number of esters is 1. The van der Waals surface area contributed by atoms with E-state index in [1.807, 2.05) is 0 Å². The molecular formula is C22H42O3S2. The Morgan fingerprint density at radius 2 is 1.37 bits per heavy atom. The van der Waals surface area contributed by atoms with E-state index >= 15 is 0 Å². The van der Waals surface area contributed by atoms with E-state index in [1.165, 1.54) is 70.6 Å². The molecule has 0 aliphatic heterocycles. The largest absolute Gasteiger partial charge is 0.465 e. The van der Waals surface area contributed by atoms with Crippen LogP contribution in [0, 0.1) is 0 Å². The van der Waals surface area contributed by atoms with Crippen molar-refractivity contribution in [2.45, 2.75) is 96.8 Å². The van der Waals surface area contributed by atoms with Crippen molar-refractivity contribution in [3.8, 4) is 0 Å². The normalized spacial score (nSPS) is 11.3. The highest BCUT2D eigenvalue weighted by Gasteiger charge is 2.02. The fourth-order valence-corrected chi connectivity index (χ4v) is 4.35. The molecule has 0 spiro atoms. The van der Waals surface area contributed by atoms with Crippen LogP contribution in [-0.2, 0) is 9.53 Å². The molecule has 0 saturated heterocycles. The smallest absolute Gasteiger partial charge is 0.305 e. The molecule has 0 radical (unpaired) electrons. The lowest BCUT2D eigenvalue weighted by Crippen LogP contribution is -2.06. The Morgan fingerprint density at radius 1 is 0.815 bits per heavy atom. The average molecular weight is 419 g/mol. The quantitative estimate of drug-likeness (QED) is 0.0946. The van der Waals surface area contributed by atoms with Crippen LogP contribution in [0.25, 0.3) is 0 Å². The third-order valence-corrected chi connectivity index (χ3v) is 6.68. The summed E-state index contributed by atoms with van der Waals surface area (Å²) in [5.74, 6) is 1.46. The van der Waals surface area contributed by atoms with Crippen molar-refractivity contribution in [2.75, 3.05) is 24.7 Å². The number of carbonyl (C=O) groups excluding carboxylic acids is 1. The number of hydrogen-bond donors (Lipinski definition) is 1. The van der Waals surface area contributed by atoms with Crippen LogP contribution in [0.3, 0.4) is 0 Å². The van der Waals surface area contributed by atoms with Gasteiger partial charge in [-0.15, -0.1) is 0 Å². The Bertz CT molecular complexity index is 336. The first-order valence-corrected chi connectivity index (χ1v) is 13.5. The van der Waals surface area contributed by atoms with Gasteiger partial charge in [-0.2, -0.15) is 0 Å². The van der Waals surface area contributed by atoms with E-state index in [-0.39, 0.29) is 12.6 Å². The average Bonchev–Trinajstić information content (AvgIpc) is 2.67. The monoisotopic (exact) mass is 418 g/mol. The van der Waals surface area contributed by atoms with Gasteiger partial charge in [0.2, 0.25) is 0 Å². The number of carbonyl (C=O) groups is 1. The Kier molecular flexibility index (Phi) is 23.8. The maximum Gasteiger partial charge on any atom is 0.305 e. The molecular weight excluding hydrogens is 376 g/mol. The van der Waals surface area contributed by atoms with Crippen molar-refractivity contribution in [1.29, 1.82) is 0 Å². The Hall–Kier alpha value is -0.130. The zero-order valence-electron chi connectivity index (χ0n) is 17.5. The molecule has 1 N–H and O–H groups in total. The van der Waals surface area contributed by atoms with Crippen LogP contribution >= 0.6 is 21.6 Å². The SMILES string of the molecule is CCCCCCCC/C=C\CCCCCCCC(=O)OCCSSCCO. The highest BCUT2D eigenvalue weighted by atomic mass is 33.1. The second-order valence-electron chi connectivity index (χ2n) is 6.92. The third-order valence-electron chi connectivity index (χ3n) is 4.33. The molecule has 0 aliphatic carbocycles. The zero-order valence-corrected chi connectivity index (χ0v) is 19.1. The minimum absolute atomic E-state index is 0.0691. The number of aliphatic hydroxyl groups is 1. The Labute approximate surface area is 175 Å². The van der Waals surface area contributed by atoms with Gasteiger partial charge in [0, 0.05) is 17.9 Å². The minimum Gasteiger partial charge on any atom is -0.465 e. The van der Waals surface area contributed by atoms with Crippen molar-refractivity contribution in [3.63, 3.8) is 0 Å². The molecule has 0 aromatic heterocycles. The van der Waals surface area contributed by atoms with E-state index in [0.717, 1.165) is 24.3 Å². The molecule has 0 heterocycles. The summed E-state index contributed by atoms with van der Waals surface area (Å²) in [5.41, 5.74) is 0. The van der Waals surface area contributed by atoms with E-state index in [1.54, 1.807) is 21.6 Å². The highest BCUT2D eigenvalue weighted by Crippen LogP contribution is 2.19. The second-order valence-corrected chi connectivity index (χ2v) is 9.62. The van der Waals surface area contributed by atoms with Gasteiger partial charge in [-0.3, -0.25) is 4.79 Å². The first-order chi connectivity index (χ1) is 13.3. The van der Waals surface area contributed by atoms with Gasteiger partial charge in [-0.1, -0.05) is 92.0 Å². The number of hydrogen-bond acceptors (Lipinski definition) is 5. The van der Waals surface area contributed by atoms with Gasteiger partial charge in [0.05, 0.1) is 6.61 Å². The predicted molar refractivity (Wildman–Crippen MR) is 122 cm³/mol. The fourth-order valence-electron chi connectivity index (χ4n) is 2.76. The van der Waals surface area contributed by atoms with E-state index in [9.17, 15) is 4.79 Å². The summed E-state index contributed by atoms with van der Waals surface area (Å²) >= 11 is 0. The van der Waals surface area contributed by atoms with E-state index < -0.39 is 0 Å². The first-order valence-electron chi connectivity index (χ1n) is 11.0. The predicted octanol–water partition coefficient (Wildman–Crippen LogP) is 6.94. The van der Waals surface area contributed by atoms with E-state index in [0.29, 0.717) is 13.0 Å². The minimum atomic E-state index is -0.0691. The van der Waals surface area contributed by atoms with Crippen molar-refractivity contribution in [3.05, 3.63) is 12.2 Å². The molecule has 160 valence electrons. The molecule has 0 rings (SSSR count). The van der Waals surface area contributed by atoms with Crippen molar-refractivity contribution in [1.82, 2.24) is 0 Å². The molecule has 27 heavy (non-hydrogen) atoms. The summed E-state index contributed by atoms with van der Waals surface area (Å²) in [4.78, 5) is 11.6. The highest BCUT2D eigenvalue weighted by molar-refractivity contribution is 8.76. The number of aliphatic hydroxyl groups excluding tert-OH is 1. The van der Waals surface area contributed by atoms with E-state index in [4.69, 9.17) is 9.84 Å². The van der Waals surface area contributed by atoms with Gasteiger partial charge in [0.25, 0.3) is 0 Å². The van der Waals surface area contributed by atoms with Crippen molar-refractivity contribution in [2.24, 2.45) is 0 Å². The van der Waals surface area contributed by atoms with Gasteiger partial charge in [-0.05, 0) is 32.1 Å². The maximum atomic E-state index is 11.6. The van der Waals surface area contributed by atoms with Crippen molar-refractivity contribution < 1.29 is 14.6 Å². The van der Waals surface area contributed by atoms with Gasteiger partial charge < -0.3 is 9.84 Å². The lowest BCUT2D eigenvalue weighted by Gasteiger charge is -2.04. The maximum absolute atomic E-state index is 11.6. The summed E-state index contributed by atoms with van der Waals surface area (Å²) < 4.78 is 5.20. The van der Waals surface area contributed by atoms with Crippen LogP contribution in [-0.4, -0.2) is 35.8 Å². The summed E-state index contributed by atoms with van der Waals surface area (Å²) in [7, 11) is 3.26. The van der Waals surface area contributed by atoms with Crippen LogP contribution in [0.1, 0.15) is 96.8 Å².